The maximum Gasteiger partial charge on any atom is 0.325 e. The molecule has 13 heteroatoms. The van der Waals surface area contributed by atoms with Gasteiger partial charge in [-0.15, -0.1) is 4.99 Å². The molecule has 1 heterocycles. The standard InChI is InChI=1S/C20H16F2N4O3.C9H6FNO2/c21-13-3-1-12(2-4-13)9-19(27)26-20(28)25-14-5-6-17(16(22)10-14)29-15-7-8-24-18(23)11-15;10-8-3-1-7(2-4-8)5-9(13)11-6-12/h1-8,10-11H,9H2,(H2,23,24)(H2,25,26,27,28);1-4H,5H2. The highest BCUT2D eigenvalue weighted by Crippen LogP contribution is 2.27. The molecule has 42 heavy (non-hydrogen) atoms. The molecule has 0 spiro atoms. The number of aromatic nitrogens is 1. The first-order valence-electron chi connectivity index (χ1n) is 12.0. The second-order valence-electron chi connectivity index (χ2n) is 8.37. The van der Waals surface area contributed by atoms with Gasteiger partial charge in [-0.3, -0.25) is 14.9 Å². The fourth-order valence-corrected chi connectivity index (χ4v) is 3.27. The lowest BCUT2D eigenvalue weighted by molar-refractivity contribution is -0.119. The van der Waals surface area contributed by atoms with Crippen molar-refractivity contribution in [1.29, 1.82) is 0 Å². The molecule has 0 aliphatic rings. The van der Waals surface area contributed by atoms with Crippen LogP contribution in [0, 0.1) is 17.5 Å². The Hall–Kier alpha value is -5.81. The van der Waals surface area contributed by atoms with Gasteiger partial charge in [0.1, 0.15) is 23.2 Å². The maximum absolute atomic E-state index is 14.2. The molecule has 0 bridgehead atoms. The highest BCUT2D eigenvalue weighted by atomic mass is 19.1. The van der Waals surface area contributed by atoms with E-state index < -0.39 is 29.5 Å². The van der Waals surface area contributed by atoms with Crippen LogP contribution < -0.4 is 21.1 Å². The Kier molecular flexibility index (Phi) is 11.0. The molecule has 0 aliphatic carbocycles. The van der Waals surface area contributed by atoms with E-state index in [-0.39, 0.29) is 35.9 Å². The number of urea groups is 1. The Labute approximate surface area is 237 Å². The summed E-state index contributed by atoms with van der Waals surface area (Å²) in [5.41, 5.74) is 6.82. The average Bonchev–Trinajstić information content (AvgIpc) is 2.93. The number of pyridine rings is 1. The summed E-state index contributed by atoms with van der Waals surface area (Å²) in [6.07, 6.45) is 2.46. The van der Waals surface area contributed by atoms with Gasteiger partial charge in [0, 0.05) is 24.0 Å². The van der Waals surface area contributed by atoms with Crippen molar-refractivity contribution in [3.8, 4) is 11.5 Å². The molecule has 4 amide bonds. The zero-order valence-corrected chi connectivity index (χ0v) is 21.6. The summed E-state index contributed by atoms with van der Waals surface area (Å²) in [5, 5.41) is 4.47. The van der Waals surface area contributed by atoms with Crippen LogP contribution in [0.25, 0.3) is 0 Å². The molecule has 0 radical (unpaired) electrons. The number of rotatable bonds is 7. The monoisotopic (exact) mass is 577 g/mol. The molecule has 4 N–H and O–H groups in total. The van der Waals surface area contributed by atoms with Gasteiger partial charge in [-0.25, -0.2) is 27.7 Å². The molecular weight excluding hydrogens is 555 g/mol. The van der Waals surface area contributed by atoms with Gasteiger partial charge in [-0.2, -0.15) is 0 Å². The summed E-state index contributed by atoms with van der Waals surface area (Å²) in [6, 6.07) is 16.6. The van der Waals surface area contributed by atoms with E-state index in [1.165, 1.54) is 79.0 Å². The highest BCUT2D eigenvalue weighted by Gasteiger charge is 2.12. The number of ether oxygens (including phenoxy) is 1. The number of aliphatic imine (C=N–C) groups is 1. The topological polar surface area (TPSA) is 153 Å². The SMILES string of the molecule is Nc1cc(Oc2ccc(NC(=O)NC(=O)Cc3ccc(F)cc3)cc2F)ccn1.O=C=NC(=O)Cc1ccc(F)cc1. The van der Waals surface area contributed by atoms with Crippen LogP contribution in [0.1, 0.15) is 11.1 Å². The van der Waals surface area contributed by atoms with Gasteiger partial charge in [-0.1, -0.05) is 24.3 Å². The molecular formula is C29H22F3N5O5. The lowest BCUT2D eigenvalue weighted by atomic mass is 10.1. The Balaban J connectivity index is 0.000000312. The number of carbonyl (C=O) groups excluding carboxylic acids is 4. The summed E-state index contributed by atoms with van der Waals surface area (Å²) in [6.45, 7) is 0. The van der Waals surface area contributed by atoms with Crippen molar-refractivity contribution in [2.75, 3.05) is 11.1 Å². The number of nitrogens with one attached hydrogen (secondary N) is 2. The van der Waals surface area contributed by atoms with Crippen LogP contribution in [0.3, 0.4) is 0 Å². The van der Waals surface area contributed by atoms with Crippen LogP contribution >= 0.6 is 0 Å². The summed E-state index contributed by atoms with van der Waals surface area (Å²) >= 11 is 0. The molecule has 0 fully saturated rings. The van der Waals surface area contributed by atoms with Gasteiger partial charge < -0.3 is 15.8 Å². The summed E-state index contributed by atoms with van der Waals surface area (Å²) in [4.78, 5) is 51.0. The number of amides is 4. The van der Waals surface area contributed by atoms with Crippen molar-refractivity contribution in [3.05, 3.63) is 114 Å². The molecule has 4 rings (SSSR count). The van der Waals surface area contributed by atoms with E-state index in [2.05, 4.69) is 20.6 Å². The van der Waals surface area contributed by atoms with Gasteiger partial charge in [0.2, 0.25) is 12.0 Å². The van der Waals surface area contributed by atoms with Crippen molar-refractivity contribution in [1.82, 2.24) is 10.3 Å². The predicted molar refractivity (Wildman–Crippen MR) is 146 cm³/mol. The van der Waals surface area contributed by atoms with Gasteiger partial charge in [0.15, 0.2) is 11.6 Å². The van der Waals surface area contributed by atoms with E-state index in [4.69, 9.17) is 10.5 Å². The molecule has 0 aliphatic heterocycles. The Morgan fingerprint density at radius 1 is 0.857 bits per heavy atom. The highest BCUT2D eigenvalue weighted by molar-refractivity contribution is 6.01. The van der Waals surface area contributed by atoms with Crippen LogP contribution in [0.5, 0.6) is 11.5 Å². The van der Waals surface area contributed by atoms with E-state index in [0.717, 1.165) is 12.1 Å². The first kappa shape index (κ1) is 30.7. The smallest absolute Gasteiger partial charge is 0.325 e. The number of nitrogens with zero attached hydrogens (tertiary/aromatic N) is 2. The molecule has 4 aromatic rings. The number of isocyanates is 1. The Morgan fingerprint density at radius 2 is 1.48 bits per heavy atom. The third-order valence-electron chi connectivity index (χ3n) is 5.14. The van der Waals surface area contributed by atoms with E-state index in [0.29, 0.717) is 16.9 Å². The van der Waals surface area contributed by atoms with Crippen molar-refractivity contribution in [3.63, 3.8) is 0 Å². The number of nitrogen functional groups attached to an aromatic ring is 1. The molecule has 10 nitrogen and oxygen atoms in total. The van der Waals surface area contributed by atoms with Crippen molar-refractivity contribution < 1.29 is 37.1 Å². The van der Waals surface area contributed by atoms with Gasteiger partial charge in [0.05, 0.1) is 12.8 Å². The number of hydrogen-bond acceptors (Lipinski definition) is 7. The zero-order valence-electron chi connectivity index (χ0n) is 21.6. The third-order valence-corrected chi connectivity index (χ3v) is 5.14. The Morgan fingerprint density at radius 3 is 2.05 bits per heavy atom. The van der Waals surface area contributed by atoms with E-state index >= 15 is 0 Å². The molecule has 0 saturated heterocycles. The third kappa shape index (κ3) is 10.4. The molecule has 214 valence electrons. The van der Waals surface area contributed by atoms with Crippen molar-refractivity contribution in [2.45, 2.75) is 12.8 Å². The minimum absolute atomic E-state index is 0.00444. The predicted octanol–water partition coefficient (Wildman–Crippen LogP) is 4.86. The van der Waals surface area contributed by atoms with Crippen LogP contribution in [-0.4, -0.2) is 28.9 Å². The van der Waals surface area contributed by atoms with Crippen molar-refractivity contribution >= 4 is 35.4 Å². The normalized spacial score (nSPS) is 9.88. The summed E-state index contributed by atoms with van der Waals surface area (Å²) in [5.74, 6) is -2.23. The molecule has 3 aromatic carbocycles. The lowest BCUT2D eigenvalue weighted by Gasteiger charge is -2.10. The molecule has 1 aromatic heterocycles. The second-order valence-corrected chi connectivity index (χ2v) is 8.37. The number of nitrogens with two attached hydrogens (primary N) is 1. The first-order valence-corrected chi connectivity index (χ1v) is 12.0. The largest absolute Gasteiger partial charge is 0.454 e. The summed E-state index contributed by atoms with van der Waals surface area (Å²) < 4.78 is 44.9. The van der Waals surface area contributed by atoms with Crippen LogP contribution in [0.15, 0.2) is 90.1 Å². The maximum atomic E-state index is 14.2. The fourth-order valence-electron chi connectivity index (χ4n) is 3.27. The second kappa shape index (κ2) is 15.1. The van der Waals surface area contributed by atoms with Crippen molar-refractivity contribution in [2.24, 2.45) is 4.99 Å². The van der Waals surface area contributed by atoms with Gasteiger partial charge in [0.25, 0.3) is 5.91 Å². The van der Waals surface area contributed by atoms with Crippen LogP contribution in [-0.2, 0) is 27.2 Å². The van der Waals surface area contributed by atoms with E-state index in [1.54, 1.807) is 0 Å². The number of benzene rings is 3. The zero-order chi connectivity index (χ0) is 30.5. The van der Waals surface area contributed by atoms with Gasteiger partial charge >= 0.3 is 6.03 Å². The molecule has 0 saturated carbocycles. The minimum atomic E-state index is -0.827. The average molecular weight is 578 g/mol. The van der Waals surface area contributed by atoms with E-state index in [9.17, 15) is 32.3 Å². The number of carbonyl (C=O) groups is 3. The molecule has 0 atom stereocenters. The number of hydrogen-bond donors (Lipinski definition) is 3. The minimum Gasteiger partial charge on any atom is -0.454 e. The lowest BCUT2D eigenvalue weighted by Crippen LogP contribution is -2.35. The van der Waals surface area contributed by atoms with Crippen LogP contribution in [0.2, 0.25) is 0 Å². The fraction of sp³-hybridized carbons (Fsp3) is 0.0690. The molecule has 0 unspecified atom stereocenters. The van der Waals surface area contributed by atoms with E-state index in [1.807, 2.05) is 0 Å². The quantitative estimate of drug-likeness (QED) is 0.210. The Bertz CT molecular complexity index is 1610. The number of imide groups is 1. The van der Waals surface area contributed by atoms with Gasteiger partial charge in [-0.05, 0) is 53.6 Å². The first-order chi connectivity index (χ1) is 20.1. The number of anilines is 2. The van der Waals surface area contributed by atoms with Crippen LogP contribution in [0.4, 0.5) is 29.5 Å². The summed E-state index contributed by atoms with van der Waals surface area (Å²) in [7, 11) is 0. The number of halogens is 3.